The van der Waals surface area contributed by atoms with Gasteiger partial charge in [0.15, 0.2) is 11.6 Å². The fraction of sp³-hybridized carbons (Fsp3) is 0.0870. The standard InChI is InChI=1S/C23H19N5O4/c1-31-19-13-18(25-23(26-19)32-2)27-28-20-16-11-7-6-8-14(16)12-17(21(20)29)22(30)24-15-9-4-3-5-10-15/h3-13,29H,1-2H3,(H,24,30)/b28-27+. The first-order valence-corrected chi connectivity index (χ1v) is 9.59. The maximum Gasteiger partial charge on any atom is 0.321 e. The van der Waals surface area contributed by atoms with Crippen molar-refractivity contribution in [3.05, 3.63) is 72.3 Å². The number of methoxy groups -OCH3 is 2. The summed E-state index contributed by atoms with van der Waals surface area (Å²) < 4.78 is 10.2. The summed E-state index contributed by atoms with van der Waals surface area (Å²) in [5, 5.41) is 23.3. The highest BCUT2D eigenvalue weighted by Crippen LogP contribution is 2.39. The molecule has 9 nitrogen and oxygen atoms in total. The van der Waals surface area contributed by atoms with E-state index in [0.717, 1.165) is 5.39 Å². The molecule has 1 amide bonds. The van der Waals surface area contributed by atoms with Gasteiger partial charge in [0.1, 0.15) is 5.69 Å². The molecular formula is C23H19N5O4. The third-order valence-electron chi connectivity index (χ3n) is 4.58. The molecule has 0 saturated heterocycles. The molecule has 1 aromatic heterocycles. The molecular weight excluding hydrogens is 410 g/mol. The van der Waals surface area contributed by atoms with Crippen LogP contribution in [0.5, 0.6) is 17.6 Å². The number of carbonyl (C=O) groups is 1. The molecule has 3 aromatic carbocycles. The molecule has 0 aliphatic heterocycles. The number of carbonyl (C=O) groups excluding carboxylic acids is 1. The van der Waals surface area contributed by atoms with E-state index in [2.05, 4.69) is 25.5 Å². The van der Waals surface area contributed by atoms with Gasteiger partial charge < -0.3 is 19.9 Å². The second-order valence-corrected chi connectivity index (χ2v) is 6.62. The van der Waals surface area contributed by atoms with E-state index >= 15 is 0 Å². The second kappa shape index (κ2) is 9.09. The van der Waals surface area contributed by atoms with Crippen LogP contribution in [0.25, 0.3) is 10.8 Å². The van der Waals surface area contributed by atoms with Crippen molar-refractivity contribution in [2.24, 2.45) is 10.2 Å². The number of benzene rings is 3. The largest absolute Gasteiger partial charge is 0.505 e. The number of anilines is 1. The summed E-state index contributed by atoms with van der Waals surface area (Å²) in [6, 6.07) is 19.4. The molecule has 32 heavy (non-hydrogen) atoms. The van der Waals surface area contributed by atoms with Gasteiger partial charge in [-0.25, -0.2) is 0 Å². The Morgan fingerprint density at radius 3 is 2.44 bits per heavy atom. The van der Waals surface area contributed by atoms with Gasteiger partial charge in [0.2, 0.25) is 5.88 Å². The van der Waals surface area contributed by atoms with E-state index in [1.54, 1.807) is 42.5 Å². The fourth-order valence-electron chi connectivity index (χ4n) is 3.05. The summed E-state index contributed by atoms with van der Waals surface area (Å²) in [7, 11) is 2.88. The van der Waals surface area contributed by atoms with Gasteiger partial charge in [-0.05, 0) is 23.6 Å². The maximum absolute atomic E-state index is 12.9. The van der Waals surface area contributed by atoms with Crippen LogP contribution in [-0.2, 0) is 0 Å². The van der Waals surface area contributed by atoms with Crippen molar-refractivity contribution in [3.8, 4) is 17.6 Å². The summed E-state index contributed by atoms with van der Waals surface area (Å²) in [6.07, 6.45) is 0. The van der Waals surface area contributed by atoms with Crippen molar-refractivity contribution in [3.63, 3.8) is 0 Å². The third-order valence-corrected chi connectivity index (χ3v) is 4.58. The van der Waals surface area contributed by atoms with E-state index in [1.807, 2.05) is 18.2 Å². The number of rotatable bonds is 6. The molecule has 0 unspecified atom stereocenters. The van der Waals surface area contributed by atoms with Gasteiger partial charge in [-0.1, -0.05) is 42.5 Å². The van der Waals surface area contributed by atoms with Gasteiger partial charge in [0.25, 0.3) is 5.91 Å². The molecule has 0 spiro atoms. The van der Waals surface area contributed by atoms with Gasteiger partial charge in [-0.15, -0.1) is 10.2 Å². The van der Waals surface area contributed by atoms with Gasteiger partial charge in [0.05, 0.1) is 19.8 Å². The molecule has 0 aliphatic carbocycles. The smallest absolute Gasteiger partial charge is 0.321 e. The molecule has 0 saturated carbocycles. The van der Waals surface area contributed by atoms with Crippen LogP contribution in [0.2, 0.25) is 0 Å². The molecule has 2 N–H and O–H groups in total. The summed E-state index contributed by atoms with van der Waals surface area (Å²) >= 11 is 0. The Balaban J connectivity index is 1.78. The normalized spacial score (nSPS) is 10.9. The lowest BCUT2D eigenvalue weighted by molar-refractivity contribution is 0.102. The van der Waals surface area contributed by atoms with Crippen molar-refractivity contribution in [1.82, 2.24) is 9.97 Å². The van der Waals surface area contributed by atoms with Crippen LogP contribution in [0, 0.1) is 0 Å². The van der Waals surface area contributed by atoms with Crippen LogP contribution < -0.4 is 14.8 Å². The molecule has 0 bridgehead atoms. The number of phenolic OH excluding ortho intramolecular Hbond substituents is 1. The highest BCUT2D eigenvalue weighted by atomic mass is 16.5. The SMILES string of the molecule is COc1cc(/N=N/c2c(O)c(C(=O)Nc3ccccc3)cc3ccccc23)nc(OC)n1. The number of fused-ring (bicyclic) bond motifs is 1. The van der Waals surface area contributed by atoms with Crippen molar-refractivity contribution >= 4 is 33.9 Å². The van der Waals surface area contributed by atoms with Crippen molar-refractivity contribution in [2.45, 2.75) is 0 Å². The van der Waals surface area contributed by atoms with E-state index in [1.165, 1.54) is 20.3 Å². The molecule has 160 valence electrons. The quantitative estimate of drug-likeness (QED) is 0.416. The average Bonchev–Trinajstić information content (AvgIpc) is 2.83. The van der Waals surface area contributed by atoms with Crippen LogP contribution in [0.15, 0.2) is 77.0 Å². The monoisotopic (exact) mass is 429 g/mol. The van der Waals surface area contributed by atoms with E-state index in [9.17, 15) is 9.90 Å². The maximum atomic E-state index is 12.9. The first-order valence-electron chi connectivity index (χ1n) is 9.59. The highest BCUT2D eigenvalue weighted by molar-refractivity contribution is 6.11. The molecule has 4 aromatic rings. The van der Waals surface area contributed by atoms with Crippen LogP contribution in [-0.4, -0.2) is 35.2 Å². The number of hydrogen-bond donors (Lipinski definition) is 2. The molecule has 4 rings (SSSR count). The number of aromatic hydroxyl groups is 1. The number of aromatic nitrogens is 2. The zero-order valence-electron chi connectivity index (χ0n) is 17.3. The number of hydrogen-bond acceptors (Lipinski definition) is 8. The minimum Gasteiger partial charge on any atom is -0.505 e. The summed E-state index contributed by atoms with van der Waals surface area (Å²) in [5.74, 6) is -0.359. The summed E-state index contributed by atoms with van der Waals surface area (Å²) in [4.78, 5) is 21.0. The van der Waals surface area contributed by atoms with E-state index in [0.29, 0.717) is 11.1 Å². The fourth-order valence-corrected chi connectivity index (χ4v) is 3.05. The van der Waals surface area contributed by atoms with Crippen LogP contribution in [0.1, 0.15) is 10.4 Å². The highest BCUT2D eigenvalue weighted by Gasteiger charge is 2.18. The van der Waals surface area contributed by atoms with Crippen molar-refractivity contribution < 1.29 is 19.4 Å². The number of phenols is 1. The van der Waals surface area contributed by atoms with E-state index in [-0.39, 0.29) is 34.7 Å². The predicted octanol–water partition coefficient (Wildman–Crippen LogP) is 5.02. The lowest BCUT2D eigenvalue weighted by Crippen LogP contribution is -2.12. The lowest BCUT2D eigenvalue weighted by Gasteiger charge is -2.11. The second-order valence-electron chi connectivity index (χ2n) is 6.62. The molecule has 0 fully saturated rings. The van der Waals surface area contributed by atoms with Gasteiger partial charge in [-0.3, -0.25) is 4.79 Å². The molecule has 9 heteroatoms. The topological polar surface area (TPSA) is 118 Å². The molecule has 0 radical (unpaired) electrons. The number of ether oxygens (including phenoxy) is 2. The zero-order chi connectivity index (χ0) is 22.5. The molecule has 0 aliphatic rings. The summed E-state index contributed by atoms with van der Waals surface area (Å²) in [6.45, 7) is 0. The van der Waals surface area contributed by atoms with Gasteiger partial charge in [-0.2, -0.15) is 9.97 Å². The first kappa shape index (κ1) is 20.7. The van der Waals surface area contributed by atoms with Crippen LogP contribution in [0.3, 0.4) is 0 Å². The Morgan fingerprint density at radius 2 is 1.69 bits per heavy atom. The Bertz CT molecular complexity index is 1290. The van der Waals surface area contributed by atoms with Gasteiger partial charge >= 0.3 is 6.01 Å². The first-order chi connectivity index (χ1) is 15.6. The lowest BCUT2D eigenvalue weighted by atomic mass is 10.0. The van der Waals surface area contributed by atoms with Crippen molar-refractivity contribution in [2.75, 3.05) is 19.5 Å². The number of nitrogens with zero attached hydrogens (tertiary/aromatic N) is 4. The van der Waals surface area contributed by atoms with Crippen LogP contribution >= 0.6 is 0 Å². The number of para-hydroxylation sites is 1. The van der Waals surface area contributed by atoms with E-state index in [4.69, 9.17) is 9.47 Å². The Kier molecular flexibility index (Phi) is 5.89. The van der Waals surface area contributed by atoms with E-state index < -0.39 is 5.91 Å². The van der Waals surface area contributed by atoms with Crippen molar-refractivity contribution in [1.29, 1.82) is 0 Å². The zero-order valence-corrected chi connectivity index (χ0v) is 17.3. The minimum atomic E-state index is -0.471. The Labute approximate surface area is 183 Å². The van der Waals surface area contributed by atoms with Gasteiger partial charge in [0, 0.05) is 17.1 Å². The minimum absolute atomic E-state index is 0.0587. The van der Waals surface area contributed by atoms with Crippen LogP contribution in [0.4, 0.5) is 17.2 Å². The molecule has 0 atom stereocenters. The third kappa shape index (κ3) is 4.31. The Morgan fingerprint density at radius 1 is 0.938 bits per heavy atom. The summed E-state index contributed by atoms with van der Waals surface area (Å²) in [5.41, 5.74) is 0.811. The predicted molar refractivity (Wildman–Crippen MR) is 119 cm³/mol. The number of amides is 1. The number of azo groups is 1. The Hall–Kier alpha value is -4.53. The average molecular weight is 429 g/mol. The molecule has 1 heterocycles. The number of nitrogens with one attached hydrogen (secondary N) is 1.